The van der Waals surface area contributed by atoms with E-state index in [4.69, 9.17) is 4.98 Å². The van der Waals surface area contributed by atoms with Gasteiger partial charge in [-0.1, -0.05) is 42.5 Å². The largest absolute Gasteiger partial charge is 0.340 e. The second-order valence-corrected chi connectivity index (χ2v) is 10.4. The van der Waals surface area contributed by atoms with Crippen LogP contribution in [-0.2, 0) is 16.0 Å². The van der Waals surface area contributed by atoms with Gasteiger partial charge in [-0.05, 0) is 50.3 Å². The van der Waals surface area contributed by atoms with Crippen LogP contribution in [0.5, 0.6) is 0 Å². The molecule has 0 radical (unpaired) electrons. The third-order valence-electron chi connectivity index (χ3n) is 6.83. The Kier molecular flexibility index (Phi) is 6.08. The Morgan fingerprint density at radius 1 is 1.15 bits per heavy atom. The highest BCUT2D eigenvalue weighted by molar-refractivity contribution is 7.18. The Morgan fingerprint density at radius 3 is 2.71 bits per heavy atom. The summed E-state index contributed by atoms with van der Waals surface area (Å²) >= 11 is 1.68. The van der Waals surface area contributed by atoms with E-state index in [1.165, 1.54) is 0 Å². The van der Waals surface area contributed by atoms with Crippen molar-refractivity contribution < 1.29 is 14.4 Å². The number of imide groups is 1. The highest BCUT2D eigenvalue weighted by Gasteiger charge is 2.48. The van der Waals surface area contributed by atoms with Gasteiger partial charge in [0.05, 0.1) is 15.2 Å². The summed E-state index contributed by atoms with van der Waals surface area (Å²) in [6.07, 6.45) is 3.00. The average Bonchev–Trinajstić information content (AvgIpc) is 3.38. The van der Waals surface area contributed by atoms with Crippen molar-refractivity contribution in [1.82, 2.24) is 20.1 Å². The smallest absolute Gasteiger partial charge is 0.325 e. The van der Waals surface area contributed by atoms with Crippen molar-refractivity contribution in [2.75, 3.05) is 19.6 Å². The van der Waals surface area contributed by atoms with Gasteiger partial charge in [-0.3, -0.25) is 14.5 Å². The maximum Gasteiger partial charge on any atom is 0.325 e. The minimum atomic E-state index is -1.00. The van der Waals surface area contributed by atoms with E-state index in [0.29, 0.717) is 25.9 Å². The van der Waals surface area contributed by atoms with Crippen LogP contribution in [0.2, 0.25) is 0 Å². The molecular formula is C26H28N4O3S. The van der Waals surface area contributed by atoms with E-state index in [9.17, 15) is 14.4 Å². The van der Waals surface area contributed by atoms with Gasteiger partial charge in [-0.15, -0.1) is 11.3 Å². The van der Waals surface area contributed by atoms with Crippen molar-refractivity contribution in [3.8, 4) is 0 Å². The van der Waals surface area contributed by atoms with Gasteiger partial charge in [0, 0.05) is 19.0 Å². The number of nitrogens with one attached hydrogen (secondary N) is 1. The number of benzene rings is 2. The normalized spacial score (nSPS) is 22.9. The van der Waals surface area contributed by atoms with E-state index in [1.54, 1.807) is 23.2 Å². The summed E-state index contributed by atoms with van der Waals surface area (Å²) in [5.41, 5.74) is 1.09. The lowest BCUT2D eigenvalue weighted by molar-refractivity contribution is -0.139. The Hall–Kier alpha value is -3.26. The molecule has 0 saturated carbocycles. The minimum absolute atomic E-state index is 0.175. The van der Waals surface area contributed by atoms with Gasteiger partial charge in [0.1, 0.15) is 12.1 Å². The Bertz CT molecular complexity index is 1190. The lowest BCUT2D eigenvalue weighted by Crippen LogP contribution is -2.47. The SMILES string of the molecule is C[C@@]1(CCc2ccccc2)NC(=O)N(CC(=O)N2CCC[C@@H](c3nc4ccccc4s3)C2)C1=O. The summed E-state index contributed by atoms with van der Waals surface area (Å²) in [5.74, 6) is -0.350. The Labute approximate surface area is 202 Å². The van der Waals surface area contributed by atoms with Crippen LogP contribution in [0.3, 0.4) is 0 Å². The van der Waals surface area contributed by atoms with E-state index < -0.39 is 11.6 Å². The molecular weight excluding hydrogens is 448 g/mol. The quantitative estimate of drug-likeness (QED) is 0.546. The predicted molar refractivity (Wildman–Crippen MR) is 132 cm³/mol. The molecule has 0 unspecified atom stereocenters. The number of aryl methyl sites for hydroxylation is 1. The van der Waals surface area contributed by atoms with Crippen LogP contribution in [0, 0.1) is 0 Å². The van der Waals surface area contributed by atoms with Gasteiger partial charge in [0.15, 0.2) is 0 Å². The first kappa shape index (κ1) is 22.5. The van der Waals surface area contributed by atoms with E-state index in [2.05, 4.69) is 11.4 Å². The molecule has 176 valence electrons. The van der Waals surface area contributed by atoms with Gasteiger partial charge in [0.25, 0.3) is 5.91 Å². The molecule has 1 aromatic heterocycles. The number of carbonyl (C=O) groups excluding carboxylic acids is 3. The summed E-state index contributed by atoms with van der Waals surface area (Å²) in [7, 11) is 0. The number of hydrogen-bond donors (Lipinski definition) is 1. The van der Waals surface area contributed by atoms with Crippen LogP contribution in [0.1, 0.15) is 42.7 Å². The lowest BCUT2D eigenvalue weighted by atomic mass is 9.93. The first-order valence-electron chi connectivity index (χ1n) is 11.7. The van der Waals surface area contributed by atoms with Crippen molar-refractivity contribution in [2.24, 2.45) is 0 Å². The van der Waals surface area contributed by atoms with Crippen molar-refractivity contribution in [3.63, 3.8) is 0 Å². The van der Waals surface area contributed by atoms with Gasteiger partial charge in [-0.2, -0.15) is 0 Å². The summed E-state index contributed by atoms with van der Waals surface area (Å²) < 4.78 is 1.15. The van der Waals surface area contributed by atoms with E-state index in [0.717, 1.165) is 38.5 Å². The highest BCUT2D eigenvalue weighted by Crippen LogP contribution is 2.33. The van der Waals surface area contributed by atoms with Crippen LogP contribution in [0.4, 0.5) is 4.79 Å². The van der Waals surface area contributed by atoms with Crippen LogP contribution in [0.15, 0.2) is 54.6 Å². The minimum Gasteiger partial charge on any atom is -0.340 e. The first-order chi connectivity index (χ1) is 16.4. The number of piperidine rings is 1. The topological polar surface area (TPSA) is 82.6 Å². The van der Waals surface area contributed by atoms with Crippen molar-refractivity contribution in [1.29, 1.82) is 0 Å². The number of para-hydroxylation sites is 1. The molecule has 2 aliphatic heterocycles. The molecule has 34 heavy (non-hydrogen) atoms. The zero-order valence-corrected chi connectivity index (χ0v) is 20.0. The summed E-state index contributed by atoms with van der Waals surface area (Å²) in [4.78, 5) is 46.5. The van der Waals surface area contributed by atoms with E-state index >= 15 is 0 Å². The molecule has 3 heterocycles. The van der Waals surface area contributed by atoms with Crippen molar-refractivity contribution in [3.05, 3.63) is 65.2 Å². The molecule has 2 aromatic carbocycles. The number of urea groups is 1. The fraction of sp³-hybridized carbons (Fsp3) is 0.385. The van der Waals surface area contributed by atoms with Gasteiger partial charge in [-0.25, -0.2) is 9.78 Å². The van der Waals surface area contributed by atoms with E-state index in [-0.39, 0.29) is 24.3 Å². The third-order valence-corrected chi connectivity index (χ3v) is 8.03. The molecule has 1 N–H and O–H groups in total. The maximum absolute atomic E-state index is 13.1. The zero-order valence-electron chi connectivity index (χ0n) is 19.2. The number of thiazole rings is 1. The van der Waals surface area contributed by atoms with Gasteiger partial charge in [0.2, 0.25) is 5.91 Å². The molecule has 2 fully saturated rings. The molecule has 0 spiro atoms. The fourth-order valence-corrected chi connectivity index (χ4v) is 5.90. The number of nitrogens with zero attached hydrogens (tertiary/aromatic N) is 3. The summed E-state index contributed by atoms with van der Waals surface area (Å²) in [6.45, 7) is 2.71. The second kappa shape index (κ2) is 9.18. The number of carbonyl (C=O) groups is 3. The molecule has 0 bridgehead atoms. The number of aromatic nitrogens is 1. The molecule has 8 heteroatoms. The number of rotatable bonds is 6. The van der Waals surface area contributed by atoms with Crippen LogP contribution < -0.4 is 5.32 Å². The maximum atomic E-state index is 13.1. The number of fused-ring (bicyclic) bond motifs is 1. The van der Waals surface area contributed by atoms with Crippen molar-refractivity contribution >= 4 is 39.4 Å². The molecule has 2 saturated heterocycles. The van der Waals surface area contributed by atoms with Gasteiger partial charge < -0.3 is 10.2 Å². The van der Waals surface area contributed by atoms with E-state index in [1.807, 2.05) is 48.5 Å². The average molecular weight is 477 g/mol. The molecule has 4 amide bonds. The highest BCUT2D eigenvalue weighted by atomic mass is 32.1. The molecule has 2 atom stereocenters. The number of amides is 4. The molecule has 2 aliphatic rings. The monoisotopic (exact) mass is 476 g/mol. The molecule has 0 aliphatic carbocycles. The van der Waals surface area contributed by atoms with Crippen LogP contribution >= 0.6 is 11.3 Å². The van der Waals surface area contributed by atoms with Crippen LogP contribution in [0.25, 0.3) is 10.2 Å². The Balaban J connectivity index is 1.22. The molecule has 5 rings (SSSR count). The second-order valence-electron chi connectivity index (χ2n) is 9.34. The fourth-order valence-electron chi connectivity index (χ4n) is 4.80. The zero-order chi connectivity index (χ0) is 23.7. The molecule has 3 aromatic rings. The molecule has 7 nitrogen and oxygen atoms in total. The van der Waals surface area contributed by atoms with Crippen molar-refractivity contribution in [2.45, 2.75) is 44.1 Å². The lowest BCUT2D eigenvalue weighted by Gasteiger charge is -2.32. The standard InChI is InChI=1S/C26H28N4O3S/c1-26(14-13-18-8-3-2-4-9-18)24(32)30(25(33)28-26)17-22(31)29-15-7-10-19(16-29)23-27-20-11-5-6-12-21(20)34-23/h2-6,8-9,11-12,19H,7,10,13-17H2,1H3,(H,28,33)/t19-,26+/m1/s1. The Morgan fingerprint density at radius 2 is 1.91 bits per heavy atom. The first-order valence-corrected chi connectivity index (χ1v) is 12.6. The number of hydrogen-bond acceptors (Lipinski definition) is 5. The third kappa shape index (κ3) is 4.42. The predicted octanol–water partition coefficient (Wildman–Crippen LogP) is 3.95. The summed E-state index contributed by atoms with van der Waals surface area (Å²) in [6, 6.07) is 17.4. The summed E-state index contributed by atoms with van der Waals surface area (Å²) in [5, 5.41) is 3.86. The van der Waals surface area contributed by atoms with Gasteiger partial charge >= 0.3 is 6.03 Å². The number of likely N-dealkylation sites (tertiary alicyclic amines) is 1. The van der Waals surface area contributed by atoms with Crippen LogP contribution in [-0.4, -0.2) is 57.8 Å².